The average Bonchev–Trinajstić information content (AvgIpc) is 2.60. The van der Waals surface area contributed by atoms with Gasteiger partial charge in [0.2, 0.25) is 0 Å². The molecule has 0 saturated heterocycles. The van der Waals surface area contributed by atoms with E-state index in [1.165, 1.54) is 10.9 Å². The van der Waals surface area contributed by atoms with Crippen LogP contribution in [-0.2, 0) is 6.54 Å². The molecule has 0 atom stereocenters. The predicted octanol–water partition coefficient (Wildman–Crippen LogP) is 5.79. The Kier molecular flexibility index (Phi) is 4.63. The summed E-state index contributed by atoms with van der Waals surface area (Å²) in [7, 11) is 0. The first-order valence-corrected chi connectivity index (χ1v) is 7.88. The molecule has 1 heterocycles. The molecule has 17 heavy (non-hydrogen) atoms. The molecule has 1 aromatic heterocycles. The fourth-order valence-electron chi connectivity index (χ4n) is 1.27. The largest absolute Gasteiger partial charge is 0.380 e. The summed E-state index contributed by atoms with van der Waals surface area (Å²) in [6, 6.07) is 6.94. The lowest BCUT2D eigenvalue weighted by molar-refractivity contribution is 0.621. The monoisotopic (exact) mass is 441 g/mol. The minimum absolute atomic E-state index is 0.253. The van der Waals surface area contributed by atoms with Crippen molar-refractivity contribution in [3.05, 3.63) is 47.7 Å². The number of rotatable bonds is 3. The Bertz CT molecular complexity index is 522. The zero-order valence-corrected chi connectivity index (χ0v) is 14.0. The molecule has 0 amide bonds. The van der Waals surface area contributed by atoms with Gasteiger partial charge in [0, 0.05) is 21.6 Å². The number of anilines is 1. The Morgan fingerprint density at radius 3 is 2.47 bits per heavy atom. The second-order valence-electron chi connectivity index (χ2n) is 3.32. The first-order valence-electron chi connectivity index (χ1n) is 4.69. The summed E-state index contributed by atoms with van der Waals surface area (Å²) < 4.78 is 15.6. The van der Waals surface area contributed by atoms with Crippen LogP contribution in [0.25, 0.3) is 0 Å². The molecule has 0 aliphatic heterocycles. The van der Waals surface area contributed by atoms with E-state index in [1.54, 1.807) is 23.5 Å². The Hall–Kier alpha value is 0.0900. The standard InChI is InChI=1S/C11H7Br3FNS/c12-8-3-6(1-2-10(8)15)16-5-7-4-9(13)11(14)17-7/h1-4,16H,5H2. The van der Waals surface area contributed by atoms with Gasteiger partial charge >= 0.3 is 0 Å². The van der Waals surface area contributed by atoms with Gasteiger partial charge in [-0.25, -0.2) is 4.39 Å². The van der Waals surface area contributed by atoms with Crippen LogP contribution in [0.15, 0.2) is 37.0 Å². The van der Waals surface area contributed by atoms with Crippen LogP contribution < -0.4 is 5.32 Å². The number of thiophene rings is 1. The van der Waals surface area contributed by atoms with Gasteiger partial charge in [-0.1, -0.05) is 0 Å². The fourth-order valence-corrected chi connectivity index (χ4v) is 3.77. The third-order valence-electron chi connectivity index (χ3n) is 2.08. The van der Waals surface area contributed by atoms with Crippen molar-refractivity contribution in [2.45, 2.75) is 6.54 Å². The number of hydrogen-bond acceptors (Lipinski definition) is 2. The molecule has 1 nitrogen and oxygen atoms in total. The van der Waals surface area contributed by atoms with Gasteiger partial charge in [-0.15, -0.1) is 11.3 Å². The van der Waals surface area contributed by atoms with Crippen LogP contribution in [-0.4, -0.2) is 0 Å². The van der Waals surface area contributed by atoms with Gasteiger partial charge in [-0.3, -0.25) is 0 Å². The molecule has 90 valence electrons. The average molecular weight is 444 g/mol. The fraction of sp³-hybridized carbons (Fsp3) is 0.0909. The van der Waals surface area contributed by atoms with E-state index in [4.69, 9.17) is 0 Å². The van der Waals surface area contributed by atoms with Gasteiger partial charge in [0.25, 0.3) is 0 Å². The number of nitrogens with one attached hydrogen (secondary N) is 1. The highest BCUT2D eigenvalue weighted by Crippen LogP contribution is 2.32. The van der Waals surface area contributed by atoms with E-state index in [9.17, 15) is 4.39 Å². The quantitative estimate of drug-likeness (QED) is 0.633. The van der Waals surface area contributed by atoms with E-state index >= 15 is 0 Å². The Balaban J connectivity index is 2.04. The molecular weight excluding hydrogens is 437 g/mol. The summed E-state index contributed by atoms with van der Waals surface area (Å²) in [5, 5.41) is 3.24. The molecule has 0 spiro atoms. The van der Waals surface area contributed by atoms with Crippen molar-refractivity contribution >= 4 is 64.8 Å². The molecule has 0 unspecified atom stereocenters. The van der Waals surface area contributed by atoms with Crippen LogP contribution in [0.1, 0.15) is 4.88 Å². The lowest BCUT2D eigenvalue weighted by Gasteiger charge is -2.05. The predicted molar refractivity (Wildman–Crippen MR) is 81.1 cm³/mol. The molecule has 6 heteroatoms. The molecule has 0 saturated carbocycles. The summed E-state index contributed by atoms with van der Waals surface area (Å²) in [5.74, 6) is -0.253. The molecule has 2 aromatic rings. The molecular formula is C11H7Br3FNS. The van der Waals surface area contributed by atoms with Gasteiger partial charge in [0.15, 0.2) is 0 Å². The highest BCUT2D eigenvalue weighted by Gasteiger charge is 2.04. The third kappa shape index (κ3) is 3.53. The Morgan fingerprint density at radius 1 is 1.12 bits per heavy atom. The van der Waals surface area contributed by atoms with Crippen molar-refractivity contribution in [2.24, 2.45) is 0 Å². The van der Waals surface area contributed by atoms with Crippen LogP contribution in [0.5, 0.6) is 0 Å². The van der Waals surface area contributed by atoms with Crippen molar-refractivity contribution in [1.82, 2.24) is 0 Å². The second kappa shape index (κ2) is 5.82. The van der Waals surface area contributed by atoms with Gasteiger partial charge in [0.1, 0.15) is 5.82 Å². The number of benzene rings is 1. The molecule has 0 bridgehead atoms. The number of halogens is 4. The zero-order chi connectivity index (χ0) is 12.4. The molecule has 0 aliphatic rings. The van der Waals surface area contributed by atoms with Crippen LogP contribution in [0.3, 0.4) is 0 Å². The summed E-state index contributed by atoms with van der Waals surface area (Å²) in [5.41, 5.74) is 0.888. The molecule has 1 aromatic carbocycles. The summed E-state index contributed by atoms with van der Waals surface area (Å²) >= 11 is 11.7. The Labute approximate surface area is 128 Å². The molecule has 0 fully saturated rings. The van der Waals surface area contributed by atoms with Crippen molar-refractivity contribution < 1.29 is 4.39 Å². The normalized spacial score (nSPS) is 10.6. The highest BCUT2D eigenvalue weighted by atomic mass is 79.9. The molecule has 1 N–H and O–H groups in total. The second-order valence-corrected chi connectivity index (χ2v) is 7.48. The van der Waals surface area contributed by atoms with E-state index in [1.807, 2.05) is 0 Å². The minimum atomic E-state index is -0.253. The first kappa shape index (κ1) is 13.5. The maximum absolute atomic E-state index is 13.0. The van der Waals surface area contributed by atoms with E-state index in [2.05, 4.69) is 59.2 Å². The number of hydrogen-bond donors (Lipinski definition) is 1. The van der Waals surface area contributed by atoms with Crippen molar-refractivity contribution in [1.29, 1.82) is 0 Å². The van der Waals surface area contributed by atoms with Crippen molar-refractivity contribution in [3.63, 3.8) is 0 Å². The minimum Gasteiger partial charge on any atom is -0.380 e. The van der Waals surface area contributed by atoms with Crippen LogP contribution >= 0.6 is 59.1 Å². The van der Waals surface area contributed by atoms with Crippen LogP contribution in [0.2, 0.25) is 0 Å². The maximum atomic E-state index is 13.0. The highest BCUT2D eigenvalue weighted by molar-refractivity contribution is 9.13. The SMILES string of the molecule is Fc1ccc(NCc2cc(Br)c(Br)s2)cc1Br. The van der Waals surface area contributed by atoms with Gasteiger partial charge in [0.05, 0.1) is 8.26 Å². The molecule has 0 radical (unpaired) electrons. The summed E-state index contributed by atoms with van der Waals surface area (Å²) in [6.07, 6.45) is 0. The third-order valence-corrected chi connectivity index (χ3v) is 5.95. The summed E-state index contributed by atoms with van der Waals surface area (Å²) in [4.78, 5) is 1.20. The van der Waals surface area contributed by atoms with Gasteiger partial charge < -0.3 is 5.32 Å². The maximum Gasteiger partial charge on any atom is 0.137 e. The Morgan fingerprint density at radius 2 is 1.88 bits per heavy atom. The smallest absolute Gasteiger partial charge is 0.137 e. The van der Waals surface area contributed by atoms with Gasteiger partial charge in [-0.05, 0) is 72.1 Å². The first-order chi connectivity index (χ1) is 8.06. The van der Waals surface area contributed by atoms with Crippen LogP contribution in [0.4, 0.5) is 10.1 Å². The lowest BCUT2D eigenvalue weighted by Crippen LogP contribution is -1.97. The van der Waals surface area contributed by atoms with E-state index < -0.39 is 0 Å². The molecule has 2 rings (SSSR count). The van der Waals surface area contributed by atoms with Crippen molar-refractivity contribution in [3.8, 4) is 0 Å². The van der Waals surface area contributed by atoms with E-state index in [0.29, 0.717) is 11.0 Å². The topological polar surface area (TPSA) is 12.0 Å². The molecule has 0 aliphatic carbocycles. The lowest BCUT2D eigenvalue weighted by atomic mass is 10.3. The zero-order valence-electron chi connectivity index (χ0n) is 8.44. The van der Waals surface area contributed by atoms with Crippen molar-refractivity contribution in [2.75, 3.05) is 5.32 Å². The van der Waals surface area contributed by atoms with Crippen LogP contribution in [0, 0.1) is 5.82 Å². The summed E-state index contributed by atoms with van der Waals surface area (Å²) in [6.45, 7) is 0.715. The van der Waals surface area contributed by atoms with E-state index in [0.717, 1.165) is 13.9 Å². The van der Waals surface area contributed by atoms with E-state index in [-0.39, 0.29) is 5.82 Å². The van der Waals surface area contributed by atoms with Gasteiger partial charge in [-0.2, -0.15) is 0 Å².